The molecular formula is C34H52N4O4. The molecule has 0 bridgehead atoms. The van der Waals surface area contributed by atoms with E-state index in [4.69, 9.17) is 15.2 Å². The fourth-order valence-corrected chi connectivity index (χ4v) is 5.28. The molecule has 0 spiro atoms. The molecule has 3 unspecified atom stereocenters. The van der Waals surface area contributed by atoms with E-state index in [2.05, 4.69) is 56.9 Å². The van der Waals surface area contributed by atoms with Crippen molar-refractivity contribution >= 4 is 5.91 Å². The van der Waals surface area contributed by atoms with Crippen LogP contribution in [-0.2, 0) is 14.3 Å². The van der Waals surface area contributed by atoms with Crippen LogP contribution >= 0.6 is 0 Å². The van der Waals surface area contributed by atoms with Gasteiger partial charge in [0.2, 0.25) is 0 Å². The Labute approximate surface area is 252 Å². The van der Waals surface area contributed by atoms with Gasteiger partial charge in [0.1, 0.15) is 0 Å². The van der Waals surface area contributed by atoms with Gasteiger partial charge in [-0.2, -0.15) is 0 Å². The molecule has 1 heterocycles. The fraction of sp³-hybridized carbons (Fsp3) is 0.559. The third-order valence-corrected chi connectivity index (χ3v) is 7.90. The molecule has 1 amide bonds. The lowest BCUT2D eigenvalue weighted by atomic mass is 10.00. The van der Waals surface area contributed by atoms with E-state index in [1.807, 2.05) is 41.3 Å². The monoisotopic (exact) mass is 580 g/mol. The number of aliphatic hydroxyl groups is 1. The first kappa shape index (κ1) is 33.7. The normalized spacial score (nSPS) is 19.6. The summed E-state index contributed by atoms with van der Waals surface area (Å²) in [5.41, 5.74) is 8.67. The van der Waals surface area contributed by atoms with Crippen LogP contribution in [0.1, 0.15) is 69.6 Å². The van der Waals surface area contributed by atoms with Crippen LogP contribution in [0.2, 0.25) is 0 Å². The molecule has 5 atom stereocenters. The van der Waals surface area contributed by atoms with E-state index in [-0.39, 0.29) is 30.1 Å². The first-order valence-electron chi connectivity index (χ1n) is 15.6. The second-order valence-electron chi connectivity index (χ2n) is 11.3. The van der Waals surface area contributed by atoms with Gasteiger partial charge in [0, 0.05) is 50.8 Å². The minimum Gasteiger partial charge on any atom is -0.402 e. The van der Waals surface area contributed by atoms with Gasteiger partial charge < -0.3 is 30.5 Å². The van der Waals surface area contributed by atoms with Crippen molar-refractivity contribution in [2.45, 2.75) is 76.9 Å². The zero-order valence-corrected chi connectivity index (χ0v) is 25.8. The van der Waals surface area contributed by atoms with Crippen molar-refractivity contribution in [3.8, 4) is 0 Å². The van der Waals surface area contributed by atoms with Crippen molar-refractivity contribution in [3.05, 3.63) is 84.1 Å². The molecule has 2 aromatic rings. The summed E-state index contributed by atoms with van der Waals surface area (Å²) >= 11 is 0. The average molecular weight is 581 g/mol. The SMILES string of the molecule is C=C(N)CCN(CC(CC)OC[C@H](CNCCC)c1ccccc1)C(=O)C(O)N1CC(CC)O[C@@H](c2ccccc2)C1. The highest BCUT2D eigenvalue weighted by atomic mass is 16.5. The lowest BCUT2D eigenvalue weighted by Crippen LogP contribution is -2.56. The van der Waals surface area contributed by atoms with E-state index >= 15 is 0 Å². The number of carbonyl (C=O) groups is 1. The van der Waals surface area contributed by atoms with E-state index in [9.17, 15) is 9.90 Å². The van der Waals surface area contributed by atoms with Gasteiger partial charge in [0.25, 0.3) is 5.91 Å². The topological polar surface area (TPSA) is 100 Å². The van der Waals surface area contributed by atoms with Gasteiger partial charge in [-0.25, -0.2) is 0 Å². The van der Waals surface area contributed by atoms with Crippen LogP contribution in [0.5, 0.6) is 0 Å². The Hall–Kier alpha value is -2.75. The second-order valence-corrected chi connectivity index (χ2v) is 11.3. The van der Waals surface area contributed by atoms with Gasteiger partial charge >= 0.3 is 0 Å². The summed E-state index contributed by atoms with van der Waals surface area (Å²) in [5, 5.41) is 14.9. The van der Waals surface area contributed by atoms with Gasteiger partial charge in [-0.05, 0) is 36.9 Å². The summed E-state index contributed by atoms with van der Waals surface area (Å²) in [7, 11) is 0. The molecule has 2 aromatic carbocycles. The Morgan fingerprint density at radius 3 is 2.45 bits per heavy atom. The van der Waals surface area contributed by atoms with E-state index in [0.717, 1.165) is 37.9 Å². The maximum Gasteiger partial charge on any atom is 0.266 e. The van der Waals surface area contributed by atoms with E-state index < -0.39 is 6.23 Å². The van der Waals surface area contributed by atoms with Gasteiger partial charge in [-0.1, -0.05) is 88.0 Å². The van der Waals surface area contributed by atoms with Crippen molar-refractivity contribution in [3.63, 3.8) is 0 Å². The van der Waals surface area contributed by atoms with Crippen LogP contribution in [0.25, 0.3) is 0 Å². The summed E-state index contributed by atoms with van der Waals surface area (Å²) < 4.78 is 12.8. The summed E-state index contributed by atoms with van der Waals surface area (Å²) in [6, 6.07) is 20.4. The molecular weight excluding hydrogens is 528 g/mol. The lowest BCUT2D eigenvalue weighted by molar-refractivity contribution is -0.168. The van der Waals surface area contributed by atoms with Gasteiger partial charge in [0.15, 0.2) is 6.23 Å². The highest BCUT2D eigenvalue weighted by Crippen LogP contribution is 2.28. The largest absolute Gasteiger partial charge is 0.402 e. The van der Waals surface area contributed by atoms with Crippen molar-refractivity contribution in [1.29, 1.82) is 0 Å². The van der Waals surface area contributed by atoms with Crippen LogP contribution in [-0.4, -0.2) is 85.1 Å². The van der Waals surface area contributed by atoms with Crippen molar-refractivity contribution in [2.75, 3.05) is 45.9 Å². The molecule has 42 heavy (non-hydrogen) atoms. The first-order valence-corrected chi connectivity index (χ1v) is 15.6. The van der Waals surface area contributed by atoms with Crippen LogP contribution < -0.4 is 11.1 Å². The molecule has 1 fully saturated rings. The van der Waals surface area contributed by atoms with Gasteiger partial charge in [0.05, 0.1) is 24.9 Å². The summed E-state index contributed by atoms with van der Waals surface area (Å²) in [5.74, 6) is -0.148. The summed E-state index contributed by atoms with van der Waals surface area (Å²) in [6.07, 6.45) is 1.29. The highest BCUT2D eigenvalue weighted by molar-refractivity contribution is 5.80. The number of nitrogens with one attached hydrogen (secondary N) is 1. The van der Waals surface area contributed by atoms with E-state index in [0.29, 0.717) is 44.9 Å². The summed E-state index contributed by atoms with van der Waals surface area (Å²) in [4.78, 5) is 17.4. The number of hydrogen-bond acceptors (Lipinski definition) is 7. The first-order chi connectivity index (χ1) is 20.4. The zero-order chi connectivity index (χ0) is 30.3. The molecule has 1 aliphatic rings. The Balaban J connectivity index is 1.70. The second kappa shape index (κ2) is 18.0. The predicted octanol–water partition coefficient (Wildman–Crippen LogP) is 4.43. The Bertz CT molecular complexity index is 1050. The summed E-state index contributed by atoms with van der Waals surface area (Å²) in [6.45, 7) is 14.1. The number of amides is 1. The van der Waals surface area contributed by atoms with Crippen molar-refractivity contribution in [1.82, 2.24) is 15.1 Å². The molecule has 8 nitrogen and oxygen atoms in total. The third-order valence-electron chi connectivity index (χ3n) is 7.90. The molecule has 0 radical (unpaired) electrons. The third kappa shape index (κ3) is 10.5. The quantitative estimate of drug-likeness (QED) is 0.224. The van der Waals surface area contributed by atoms with Crippen LogP contribution in [0.4, 0.5) is 0 Å². The Morgan fingerprint density at radius 1 is 1.14 bits per heavy atom. The number of rotatable bonds is 18. The number of benzene rings is 2. The smallest absolute Gasteiger partial charge is 0.266 e. The Kier molecular flexibility index (Phi) is 14.5. The molecule has 8 heteroatoms. The molecule has 0 aliphatic carbocycles. The number of nitrogens with two attached hydrogens (primary N) is 1. The standard InChI is InChI=1S/C34H52N4O4/c1-5-19-36-21-29(27-14-10-8-11-15-27)25-41-30(6-2)22-37(20-18-26(4)35)33(39)34(40)38-23-31(7-3)42-32(24-38)28-16-12-9-13-17-28/h8-17,29-32,34,36,40H,4-7,18-25,35H2,1-3H3/t29-,30?,31?,32+,34?/m0/s1. The highest BCUT2D eigenvalue weighted by Gasteiger charge is 2.36. The number of aliphatic hydroxyl groups excluding tert-OH is 1. The number of ether oxygens (including phenoxy) is 2. The van der Waals surface area contributed by atoms with Crippen LogP contribution in [0, 0.1) is 0 Å². The predicted molar refractivity (Wildman–Crippen MR) is 169 cm³/mol. The van der Waals surface area contributed by atoms with Crippen molar-refractivity contribution in [2.24, 2.45) is 5.73 Å². The molecule has 232 valence electrons. The molecule has 1 saturated heterocycles. The lowest BCUT2D eigenvalue weighted by Gasteiger charge is -2.41. The van der Waals surface area contributed by atoms with E-state index in [1.54, 1.807) is 4.90 Å². The van der Waals surface area contributed by atoms with Gasteiger partial charge in [-0.3, -0.25) is 9.69 Å². The molecule has 1 aliphatic heterocycles. The number of morpholine rings is 1. The van der Waals surface area contributed by atoms with Crippen molar-refractivity contribution < 1.29 is 19.4 Å². The van der Waals surface area contributed by atoms with E-state index in [1.165, 1.54) is 5.56 Å². The minimum absolute atomic E-state index is 0.0772. The number of hydrogen-bond donors (Lipinski definition) is 3. The maximum atomic E-state index is 13.8. The minimum atomic E-state index is -1.28. The maximum absolute atomic E-state index is 13.8. The molecule has 0 aromatic heterocycles. The van der Waals surface area contributed by atoms with Crippen LogP contribution in [0.15, 0.2) is 72.9 Å². The number of nitrogens with zero attached hydrogens (tertiary/aromatic N) is 2. The van der Waals surface area contributed by atoms with Gasteiger partial charge in [-0.15, -0.1) is 0 Å². The fourth-order valence-electron chi connectivity index (χ4n) is 5.28. The number of carbonyl (C=O) groups excluding carboxylic acids is 1. The Morgan fingerprint density at radius 2 is 1.83 bits per heavy atom. The van der Waals surface area contributed by atoms with Crippen LogP contribution in [0.3, 0.4) is 0 Å². The molecule has 4 N–H and O–H groups in total. The zero-order valence-electron chi connectivity index (χ0n) is 25.8. The molecule has 3 rings (SSSR count). The molecule has 0 saturated carbocycles. The average Bonchev–Trinajstić information content (AvgIpc) is 3.03.